The first-order valence-corrected chi connectivity index (χ1v) is 9.99. The Bertz CT molecular complexity index is 822. The number of methoxy groups -OCH3 is 1. The summed E-state index contributed by atoms with van der Waals surface area (Å²) in [5.41, 5.74) is 3.84. The number of rotatable bonds is 7. The van der Waals surface area contributed by atoms with Crippen molar-refractivity contribution in [1.29, 1.82) is 0 Å². The van der Waals surface area contributed by atoms with Crippen LogP contribution in [0.5, 0.6) is 5.75 Å². The fraction of sp³-hybridized carbons (Fsp3) is 0.500. The van der Waals surface area contributed by atoms with E-state index in [4.69, 9.17) is 4.74 Å². The van der Waals surface area contributed by atoms with Crippen molar-refractivity contribution in [3.8, 4) is 5.75 Å². The minimum Gasteiger partial charge on any atom is -0.506 e. The van der Waals surface area contributed by atoms with E-state index in [0.717, 1.165) is 48.8 Å². The molecule has 6 heteroatoms. The van der Waals surface area contributed by atoms with E-state index in [1.807, 2.05) is 38.1 Å². The fourth-order valence-electron chi connectivity index (χ4n) is 4.35. The number of Topliss-reactive ketones (excluding diaryl/α,β-unsaturated/α-hetero) is 1. The smallest absolute Gasteiger partial charge is 0.218 e. The van der Waals surface area contributed by atoms with Crippen LogP contribution in [0.1, 0.15) is 34.7 Å². The van der Waals surface area contributed by atoms with E-state index < -0.39 is 0 Å². The molecule has 0 saturated carbocycles. The van der Waals surface area contributed by atoms with Crippen LogP contribution in [0.4, 0.5) is 5.69 Å². The minimum absolute atomic E-state index is 0.204. The molecule has 152 valence electrons. The van der Waals surface area contributed by atoms with Crippen LogP contribution in [0.25, 0.3) is 0 Å². The molecule has 1 fully saturated rings. The Balaban J connectivity index is 1.62. The number of benzene rings is 1. The summed E-state index contributed by atoms with van der Waals surface area (Å²) in [6, 6.07) is 9.67. The zero-order chi connectivity index (χ0) is 20.3. The van der Waals surface area contributed by atoms with Crippen LogP contribution in [0.15, 0.2) is 30.3 Å². The monoisotopic (exact) mass is 386 g/mol. The lowest BCUT2D eigenvalue weighted by Crippen LogP contribution is -3.15. The Kier molecular flexibility index (Phi) is 6.42. The molecule has 0 amide bonds. The number of carbonyl (C=O) groups excluding carboxylic acids is 1. The zero-order valence-electron chi connectivity index (χ0n) is 17.4. The average Bonchev–Trinajstić information content (AvgIpc) is 2.97. The zero-order valence-corrected chi connectivity index (χ0v) is 17.4. The van der Waals surface area contributed by atoms with Crippen molar-refractivity contribution in [3.05, 3.63) is 47.3 Å². The Morgan fingerprint density at radius 2 is 1.93 bits per heavy atom. The number of nitrogens with zero attached hydrogens (tertiary/aromatic N) is 2. The number of carbonyl (C=O) groups is 1. The molecule has 2 N–H and O–H groups in total. The van der Waals surface area contributed by atoms with Gasteiger partial charge < -0.3 is 24.2 Å². The number of phenols is 1. The van der Waals surface area contributed by atoms with E-state index in [0.29, 0.717) is 18.9 Å². The van der Waals surface area contributed by atoms with Crippen LogP contribution in [0.3, 0.4) is 0 Å². The van der Waals surface area contributed by atoms with Crippen LogP contribution in [-0.4, -0.2) is 61.9 Å². The second-order valence-corrected chi connectivity index (χ2v) is 7.78. The third-order valence-corrected chi connectivity index (χ3v) is 5.74. The first-order chi connectivity index (χ1) is 13.4. The van der Waals surface area contributed by atoms with Crippen molar-refractivity contribution in [2.24, 2.45) is 0 Å². The van der Waals surface area contributed by atoms with Gasteiger partial charge in [-0.1, -0.05) is 12.1 Å². The van der Waals surface area contributed by atoms with E-state index >= 15 is 0 Å². The van der Waals surface area contributed by atoms with E-state index in [1.54, 1.807) is 13.2 Å². The third-order valence-electron chi connectivity index (χ3n) is 5.74. The number of aromatic nitrogens is 1. The number of quaternary nitrogens is 1. The molecule has 1 aliphatic rings. The summed E-state index contributed by atoms with van der Waals surface area (Å²) in [6.07, 6.45) is 0. The van der Waals surface area contributed by atoms with Gasteiger partial charge in [-0.25, -0.2) is 0 Å². The molecule has 2 aromatic rings. The highest BCUT2D eigenvalue weighted by Crippen LogP contribution is 2.26. The Morgan fingerprint density at radius 3 is 2.57 bits per heavy atom. The number of hydrogen-bond acceptors (Lipinski definition) is 4. The summed E-state index contributed by atoms with van der Waals surface area (Å²) in [5.74, 6) is 0.523. The molecule has 0 bridgehead atoms. The fourth-order valence-corrected chi connectivity index (χ4v) is 4.35. The van der Waals surface area contributed by atoms with Gasteiger partial charge in [0.15, 0.2) is 0 Å². The maximum atomic E-state index is 13.0. The summed E-state index contributed by atoms with van der Waals surface area (Å²) in [5, 5.41) is 10.1. The van der Waals surface area contributed by atoms with Crippen molar-refractivity contribution in [2.75, 3.05) is 51.3 Å². The Morgan fingerprint density at radius 1 is 1.25 bits per heavy atom. The summed E-state index contributed by atoms with van der Waals surface area (Å²) >= 11 is 0. The number of ether oxygens (including phenoxy) is 1. The molecule has 1 aliphatic heterocycles. The number of hydrogen-bond donors (Lipinski definition) is 2. The molecule has 2 heterocycles. The first kappa shape index (κ1) is 20.4. The predicted molar refractivity (Wildman–Crippen MR) is 111 cm³/mol. The molecular formula is C22H32N3O3+. The van der Waals surface area contributed by atoms with Gasteiger partial charge in [0.1, 0.15) is 12.3 Å². The molecule has 0 radical (unpaired) electrons. The van der Waals surface area contributed by atoms with Gasteiger partial charge in [-0.3, -0.25) is 4.79 Å². The molecule has 6 nitrogen and oxygen atoms in total. The molecule has 1 saturated heterocycles. The lowest BCUT2D eigenvalue weighted by molar-refractivity contribution is -0.892. The minimum atomic E-state index is 0.204. The highest BCUT2D eigenvalue weighted by atomic mass is 16.5. The number of aryl methyl sites for hydroxylation is 1. The third kappa shape index (κ3) is 4.23. The molecule has 0 spiro atoms. The van der Waals surface area contributed by atoms with Crippen molar-refractivity contribution < 1.29 is 19.5 Å². The summed E-state index contributed by atoms with van der Waals surface area (Å²) in [6.45, 7) is 10.8. The number of ketones is 1. The molecule has 3 rings (SSSR count). The number of para-hydroxylation sites is 2. The summed E-state index contributed by atoms with van der Waals surface area (Å²) < 4.78 is 7.48. The topological polar surface area (TPSA) is 59.1 Å². The first-order valence-electron chi connectivity index (χ1n) is 9.99. The van der Waals surface area contributed by atoms with Crippen molar-refractivity contribution in [2.45, 2.75) is 26.8 Å². The van der Waals surface area contributed by atoms with Gasteiger partial charge in [0.2, 0.25) is 5.78 Å². The van der Waals surface area contributed by atoms with E-state index in [-0.39, 0.29) is 11.8 Å². The van der Waals surface area contributed by atoms with E-state index in [1.165, 1.54) is 4.90 Å². The maximum Gasteiger partial charge on any atom is 0.218 e. The number of nitrogens with one attached hydrogen (secondary N) is 1. The second-order valence-electron chi connectivity index (χ2n) is 7.78. The molecule has 1 aromatic carbocycles. The predicted octanol–water partition coefficient (Wildman–Crippen LogP) is 1.61. The van der Waals surface area contributed by atoms with Crippen molar-refractivity contribution in [1.82, 2.24) is 4.57 Å². The lowest BCUT2D eigenvalue weighted by Gasteiger charge is -2.33. The van der Waals surface area contributed by atoms with Gasteiger partial charge in [-0.2, -0.15) is 0 Å². The molecule has 1 aromatic heterocycles. The van der Waals surface area contributed by atoms with Gasteiger partial charge in [-0.15, -0.1) is 0 Å². The maximum absolute atomic E-state index is 13.0. The highest BCUT2D eigenvalue weighted by molar-refractivity contribution is 5.98. The Hall–Kier alpha value is -2.31. The van der Waals surface area contributed by atoms with Crippen LogP contribution in [0, 0.1) is 13.8 Å². The summed E-state index contributed by atoms with van der Waals surface area (Å²) in [7, 11) is 1.70. The largest absolute Gasteiger partial charge is 0.506 e. The van der Waals surface area contributed by atoms with Gasteiger partial charge in [0, 0.05) is 24.1 Å². The van der Waals surface area contributed by atoms with Gasteiger partial charge in [0.05, 0.1) is 44.5 Å². The van der Waals surface area contributed by atoms with Crippen LogP contribution in [-0.2, 0) is 4.74 Å². The van der Waals surface area contributed by atoms with Crippen molar-refractivity contribution >= 4 is 11.5 Å². The average molecular weight is 387 g/mol. The molecule has 28 heavy (non-hydrogen) atoms. The second kappa shape index (κ2) is 8.80. The molecular weight excluding hydrogens is 354 g/mol. The molecule has 0 aliphatic carbocycles. The highest BCUT2D eigenvalue weighted by Gasteiger charge is 2.26. The number of anilines is 1. The van der Waals surface area contributed by atoms with Crippen LogP contribution >= 0.6 is 0 Å². The summed E-state index contributed by atoms with van der Waals surface area (Å²) in [4.78, 5) is 16.5. The van der Waals surface area contributed by atoms with Crippen LogP contribution in [0.2, 0.25) is 0 Å². The lowest BCUT2D eigenvalue weighted by atomic mass is 10.1. The van der Waals surface area contributed by atoms with E-state index in [9.17, 15) is 9.90 Å². The molecule has 1 atom stereocenters. The quantitative estimate of drug-likeness (QED) is 0.710. The van der Waals surface area contributed by atoms with Gasteiger partial charge in [-0.05, 0) is 39.0 Å². The standard InChI is InChI=1S/C22H31N3O3/c1-16-13-19(18(3)25(16)17(2)15-28-4)22(27)14-23-9-11-24(12-10-23)20-7-5-6-8-21(20)26/h5-8,13,17,26H,9-12,14-15H2,1-4H3/p+1/t17-/m1/s1. The van der Waals surface area contributed by atoms with Gasteiger partial charge in [0.25, 0.3) is 0 Å². The normalized spacial score (nSPS) is 16.4. The Labute approximate surface area is 167 Å². The SMILES string of the molecule is COC[C@@H](C)n1c(C)cc(C(=O)C[NH+]2CCN(c3ccccc3O)CC2)c1C. The number of phenolic OH excluding ortho intramolecular Hbond substituents is 1. The van der Waals surface area contributed by atoms with E-state index in [2.05, 4.69) is 16.4 Å². The number of piperazine rings is 1. The van der Waals surface area contributed by atoms with Gasteiger partial charge >= 0.3 is 0 Å². The van der Waals surface area contributed by atoms with Crippen molar-refractivity contribution in [3.63, 3.8) is 0 Å². The van der Waals surface area contributed by atoms with Crippen LogP contribution < -0.4 is 9.80 Å². The molecule has 0 unspecified atom stereocenters. The number of aromatic hydroxyl groups is 1.